The lowest BCUT2D eigenvalue weighted by Gasteiger charge is -2.19. The number of anilines is 1. The van der Waals surface area contributed by atoms with Gasteiger partial charge in [0.25, 0.3) is 0 Å². The Bertz CT molecular complexity index is 917. The van der Waals surface area contributed by atoms with E-state index in [0.717, 1.165) is 5.69 Å². The smallest absolute Gasteiger partial charge is 0.418 e. The van der Waals surface area contributed by atoms with Crippen LogP contribution in [0, 0.1) is 0 Å². The molecule has 9 heteroatoms. The van der Waals surface area contributed by atoms with Crippen molar-refractivity contribution >= 4 is 42.7 Å². The van der Waals surface area contributed by atoms with E-state index in [4.69, 9.17) is 5.73 Å². The Morgan fingerprint density at radius 2 is 1.20 bits per heavy atom. The molecule has 0 heterocycles. The van der Waals surface area contributed by atoms with E-state index < -0.39 is 15.2 Å². The molecule has 0 radical (unpaired) electrons. The van der Waals surface area contributed by atoms with Crippen molar-refractivity contribution in [1.29, 1.82) is 0 Å². The zero-order valence-electron chi connectivity index (χ0n) is 16.6. The minimum absolute atomic E-state index is 0.606. The molecule has 0 aromatic heterocycles. The maximum Gasteiger partial charge on any atom is 0.673 e. The second-order valence-electron chi connectivity index (χ2n) is 6.46. The molecule has 0 aliphatic rings. The molecule has 0 aliphatic heterocycles. The molecule has 3 nitrogen and oxygen atoms in total. The number of hydrogen-bond donors (Lipinski definition) is 2. The van der Waals surface area contributed by atoms with Crippen LogP contribution >= 0.6 is 7.92 Å². The van der Waals surface area contributed by atoms with Crippen molar-refractivity contribution in [2.45, 2.75) is 0 Å². The molecular weight excluding hydrogens is 412 g/mol. The van der Waals surface area contributed by atoms with E-state index in [0.29, 0.717) is 5.96 Å². The Morgan fingerprint density at radius 1 is 0.767 bits per heavy atom. The Balaban J connectivity index is 0.000000575. The van der Waals surface area contributed by atoms with Gasteiger partial charge in [-0.3, -0.25) is 10.3 Å². The van der Waals surface area contributed by atoms with Crippen molar-refractivity contribution in [2.24, 2.45) is 5.73 Å². The molecular formula is C21H23BF4N3P. The number of benzene rings is 3. The van der Waals surface area contributed by atoms with E-state index in [-0.39, 0.29) is 0 Å². The van der Waals surface area contributed by atoms with Gasteiger partial charge in [0.1, 0.15) is 0 Å². The summed E-state index contributed by atoms with van der Waals surface area (Å²) in [5.41, 5.74) is 7.04. The molecule has 3 rings (SSSR count). The van der Waals surface area contributed by atoms with Gasteiger partial charge in [0.05, 0.1) is 19.8 Å². The maximum atomic E-state index is 9.75. The predicted octanol–water partition coefficient (Wildman–Crippen LogP) is 3.74. The standard InChI is InChI=1S/C21H22N3P.BF4/c1-24(2)21(22)23-17-10-9-15-20(16-17)25(18-11-5-3-6-12-18)19-13-7-4-8-14-19;2-1(3,4)5/h3-16H,1-2H3,(H2,22,23);/q;-1/p+1. The van der Waals surface area contributed by atoms with Gasteiger partial charge in [-0.2, -0.15) is 0 Å². The second kappa shape index (κ2) is 10.8. The van der Waals surface area contributed by atoms with Crippen molar-refractivity contribution in [3.05, 3.63) is 84.9 Å². The predicted molar refractivity (Wildman–Crippen MR) is 120 cm³/mol. The van der Waals surface area contributed by atoms with Crippen molar-refractivity contribution in [3.63, 3.8) is 0 Å². The van der Waals surface area contributed by atoms with Crippen LogP contribution in [0.1, 0.15) is 0 Å². The summed E-state index contributed by atoms with van der Waals surface area (Å²) >= 11 is 0. The first-order chi connectivity index (χ1) is 14.1. The van der Waals surface area contributed by atoms with Gasteiger partial charge < -0.3 is 17.3 Å². The highest BCUT2D eigenvalue weighted by Gasteiger charge is 2.20. The largest absolute Gasteiger partial charge is 0.673 e. The fourth-order valence-corrected chi connectivity index (χ4v) is 4.92. The van der Waals surface area contributed by atoms with Crippen LogP contribution < -0.4 is 27.0 Å². The number of nitrogens with one attached hydrogen (secondary N) is 1. The highest BCUT2D eigenvalue weighted by molar-refractivity contribution is 7.79. The molecule has 30 heavy (non-hydrogen) atoms. The summed E-state index contributed by atoms with van der Waals surface area (Å²) in [5.74, 6) is 0.626. The van der Waals surface area contributed by atoms with Crippen LogP contribution in [-0.2, 0) is 0 Å². The van der Waals surface area contributed by atoms with E-state index in [1.54, 1.807) is 0 Å². The van der Waals surface area contributed by atoms with Gasteiger partial charge in [0.2, 0.25) is 0 Å². The van der Waals surface area contributed by atoms with Crippen LogP contribution in [0.5, 0.6) is 0 Å². The summed E-state index contributed by atoms with van der Waals surface area (Å²) < 4.78 is 40.9. The summed E-state index contributed by atoms with van der Waals surface area (Å²) in [6.45, 7) is 0. The topological polar surface area (TPSA) is 41.1 Å². The fourth-order valence-electron chi connectivity index (χ4n) is 2.58. The lowest BCUT2D eigenvalue weighted by molar-refractivity contribution is -0.465. The van der Waals surface area contributed by atoms with E-state index in [2.05, 4.69) is 84.2 Å². The number of halogens is 4. The van der Waals surface area contributed by atoms with Gasteiger partial charge in [-0.15, -0.1) is 0 Å². The Kier molecular flexibility index (Phi) is 8.42. The summed E-state index contributed by atoms with van der Waals surface area (Å²) in [6, 6.07) is 29.9. The van der Waals surface area contributed by atoms with E-state index in [1.807, 2.05) is 24.7 Å². The highest BCUT2D eigenvalue weighted by atomic mass is 31.1. The van der Waals surface area contributed by atoms with Gasteiger partial charge in [-0.05, 0) is 36.0 Å². The molecule has 0 atom stereocenters. The van der Waals surface area contributed by atoms with Gasteiger partial charge in [0.15, 0.2) is 0 Å². The second-order valence-corrected chi connectivity index (χ2v) is 8.68. The number of nitrogens with two attached hydrogens (primary N) is 1. The van der Waals surface area contributed by atoms with Crippen LogP contribution in [0.15, 0.2) is 84.9 Å². The molecule has 0 unspecified atom stereocenters. The maximum absolute atomic E-state index is 9.75. The van der Waals surface area contributed by atoms with Crippen LogP contribution in [0.4, 0.5) is 23.0 Å². The average Bonchev–Trinajstić information content (AvgIpc) is 2.69. The summed E-state index contributed by atoms with van der Waals surface area (Å²) in [7, 11) is -2.76. The Hall–Kier alpha value is -2.86. The van der Waals surface area contributed by atoms with Crippen molar-refractivity contribution in [1.82, 2.24) is 0 Å². The molecule has 3 aromatic carbocycles. The molecule has 0 amide bonds. The van der Waals surface area contributed by atoms with E-state index >= 15 is 0 Å². The first kappa shape index (κ1) is 23.4. The molecule has 0 aliphatic carbocycles. The van der Waals surface area contributed by atoms with Crippen LogP contribution in [0.25, 0.3) is 0 Å². The number of rotatable bonds is 4. The summed E-state index contributed by atoms with van der Waals surface area (Å²) in [5, 5.41) is 7.24. The monoisotopic (exact) mass is 435 g/mol. The lowest BCUT2D eigenvalue weighted by atomic mass is 10.3. The summed E-state index contributed by atoms with van der Waals surface area (Å²) in [6.07, 6.45) is 0. The first-order valence-electron chi connectivity index (χ1n) is 9.09. The third-order valence-electron chi connectivity index (χ3n) is 3.89. The van der Waals surface area contributed by atoms with Crippen molar-refractivity contribution in [2.75, 3.05) is 19.4 Å². The first-order valence-corrected chi connectivity index (χ1v) is 10.4. The molecule has 0 saturated heterocycles. The third kappa shape index (κ3) is 7.87. The zero-order chi connectivity index (χ0) is 22.1. The molecule has 0 bridgehead atoms. The lowest BCUT2D eigenvalue weighted by Crippen LogP contribution is -2.31. The molecule has 158 valence electrons. The third-order valence-corrected chi connectivity index (χ3v) is 6.31. The molecule has 0 spiro atoms. The highest BCUT2D eigenvalue weighted by Crippen LogP contribution is 2.33. The van der Waals surface area contributed by atoms with E-state index in [9.17, 15) is 17.3 Å². The minimum Gasteiger partial charge on any atom is -0.418 e. The van der Waals surface area contributed by atoms with E-state index in [1.165, 1.54) is 15.9 Å². The number of guanidine groups is 1. The minimum atomic E-state index is -6.00. The normalized spacial score (nSPS) is 10.8. The van der Waals surface area contributed by atoms with Gasteiger partial charge in [0, 0.05) is 0 Å². The van der Waals surface area contributed by atoms with Gasteiger partial charge in [-0.25, -0.2) is 5.32 Å². The van der Waals surface area contributed by atoms with Crippen LogP contribution in [0.3, 0.4) is 0 Å². The number of hydrogen-bond acceptors (Lipinski definition) is 0. The van der Waals surface area contributed by atoms with Crippen LogP contribution in [0.2, 0.25) is 0 Å². The molecule has 3 N–H and O–H groups in total. The average molecular weight is 435 g/mol. The van der Waals surface area contributed by atoms with Crippen molar-refractivity contribution in [3.8, 4) is 0 Å². The van der Waals surface area contributed by atoms with Crippen LogP contribution in [-0.4, -0.2) is 31.9 Å². The fraction of sp³-hybridized carbons (Fsp3) is 0.0952. The Morgan fingerprint density at radius 3 is 1.63 bits per heavy atom. The zero-order valence-corrected chi connectivity index (χ0v) is 17.5. The Labute approximate surface area is 175 Å². The SMILES string of the molecule is C[N+](C)=C(N)Nc1cccc(P(c2ccccc2)c2ccccc2)c1.F[B-](F)(F)F. The summed E-state index contributed by atoms with van der Waals surface area (Å²) in [4.78, 5) is 0. The number of nitrogens with zero attached hydrogens (tertiary/aromatic N) is 1. The van der Waals surface area contributed by atoms with Gasteiger partial charge in [-0.1, -0.05) is 72.8 Å². The molecule has 0 saturated carbocycles. The van der Waals surface area contributed by atoms with Gasteiger partial charge >= 0.3 is 13.2 Å². The quantitative estimate of drug-likeness (QED) is 0.164. The molecule has 3 aromatic rings. The molecule has 0 fully saturated rings. The van der Waals surface area contributed by atoms with Crippen molar-refractivity contribution < 1.29 is 21.8 Å².